The monoisotopic (exact) mass is 242 g/mol. The van der Waals surface area contributed by atoms with E-state index in [9.17, 15) is 9.59 Å². The highest BCUT2D eigenvalue weighted by molar-refractivity contribution is 6.30. The number of benzene rings is 1. The summed E-state index contributed by atoms with van der Waals surface area (Å²) in [7, 11) is 0. The molecule has 0 radical (unpaired) electrons. The molecule has 0 aliphatic carbocycles. The second-order valence-electron chi connectivity index (χ2n) is 3.17. The highest BCUT2D eigenvalue weighted by atomic mass is 35.5. The van der Waals surface area contributed by atoms with Crippen LogP contribution in [0.4, 0.5) is 0 Å². The Labute approximate surface area is 97.8 Å². The summed E-state index contributed by atoms with van der Waals surface area (Å²) in [4.78, 5) is 22.1. The molecule has 1 N–H and O–H groups in total. The van der Waals surface area contributed by atoms with Crippen molar-refractivity contribution in [2.75, 3.05) is 0 Å². The van der Waals surface area contributed by atoms with Gasteiger partial charge in [0.1, 0.15) is 11.3 Å². The summed E-state index contributed by atoms with van der Waals surface area (Å²) in [6, 6.07) is 4.06. The van der Waals surface area contributed by atoms with E-state index in [0.29, 0.717) is 11.4 Å². The van der Waals surface area contributed by atoms with Gasteiger partial charge in [0.15, 0.2) is 0 Å². The van der Waals surface area contributed by atoms with Gasteiger partial charge < -0.3 is 9.84 Å². The molecule has 0 aromatic heterocycles. The maximum absolute atomic E-state index is 11.2. The van der Waals surface area contributed by atoms with Crippen LogP contribution in [0.1, 0.15) is 30.1 Å². The van der Waals surface area contributed by atoms with Crippen molar-refractivity contribution < 1.29 is 19.4 Å². The molecule has 1 rings (SSSR count). The summed E-state index contributed by atoms with van der Waals surface area (Å²) in [5.74, 6) is -1.64. The third kappa shape index (κ3) is 3.24. The van der Waals surface area contributed by atoms with Crippen molar-refractivity contribution in [3.8, 4) is 5.75 Å². The second kappa shape index (κ2) is 5.51. The molecule has 1 aromatic carbocycles. The van der Waals surface area contributed by atoms with Crippen LogP contribution in [0.5, 0.6) is 5.75 Å². The van der Waals surface area contributed by atoms with Crippen molar-refractivity contribution >= 4 is 23.5 Å². The van der Waals surface area contributed by atoms with Crippen molar-refractivity contribution in [3.05, 3.63) is 28.8 Å². The van der Waals surface area contributed by atoms with Crippen molar-refractivity contribution in [2.24, 2.45) is 0 Å². The van der Waals surface area contributed by atoms with Gasteiger partial charge in [-0.25, -0.2) is 4.79 Å². The minimum atomic E-state index is -1.16. The number of esters is 1. The highest BCUT2D eigenvalue weighted by Crippen LogP contribution is 2.23. The van der Waals surface area contributed by atoms with Crippen LogP contribution in [-0.2, 0) is 4.79 Å². The summed E-state index contributed by atoms with van der Waals surface area (Å²) in [5.41, 5.74) is -0.0751. The Kier molecular flexibility index (Phi) is 4.31. The summed E-state index contributed by atoms with van der Waals surface area (Å²) in [6.45, 7) is 1.83. The number of hydrogen-bond donors (Lipinski definition) is 1. The second-order valence-corrected chi connectivity index (χ2v) is 3.61. The van der Waals surface area contributed by atoms with E-state index < -0.39 is 11.9 Å². The SMILES string of the molecule is CCCC(=O)Oc1cc(Cl)ccc1C(=O)O. The lowest BCUT2D eigenvalue weighted by atomic mass is 10.2. The topological polar surface area (TPSA) is 63.6 Å². The highest BCUT2D eigenvalue weighted by Gasteiger charge is 2.14. The van der Waals surface area contributed by atoms with Gasteiger partial charge >= 0.3 is 11.9 Å². The van der Waals surface area contributed by atoms with E-state index in [2.05, 4.69) is 0 Å². The fourth-order valence-electron chi connectivity index (χ4n) is 1.14. The lowest BCUT2D eigenvalue weighted by Crippen LogP contribution is -2.10. The molecule has 0 amide bonds. The van der Waals surface area contributed by atoms with Crippen LogP contribution < -0.4 is 4.74 Å². The van der Waals surface area contributed by atoms with Crippen LogP contribution >= 0.6 is 11.6 Å². The number of carbonyl (C=O) groups is 2. The normalized spacial score (nSPS) is 9.88. The van der Waals surface area contributed by atoms with Crippen molar-refractivity contribution in [1.29, 1.82) is 0 Å². The third-order valence-corrected chi connectivity index (χ3v) is 2.09. The molecule has 86 valence electrons. The Balaban J connectivity index is 2.96. The van der Waals surface area contributed by atoms with E-state index in [1.807, 2.05) is 6.92 Å². The zero-order chi connectivity index (χ0) is 12.1. The van der Waals surface area contributed by atoms with Gasteiger partial charge in [0, 0.05) is 17.5 Å². The Morgan fingerprint density at radius 2 is 2.12 bits per heavy atom. The van der Waals surface area contributed by atoms with Gasteiger partial charge in [0.25, 0.3) is 0 Å². The molecule has 16 heavy (non-hydrogen) atoms. The van der Waals surface area contributed by atoms with Gasteiger partial charge in [-0.2, -0.15) is 0 Å². The van der Waals surface area contributed by atoms with E-state index in [0.717, 1.165) is 0 Å². The summed E-state index contributed by atoms with van der Waals surface area (Å²) < 4.78 is 4.92. The largest absolute Gasteiger partial charge is 0.478 e. The number of carboxylic acids is 1. The molecule has 0 unspecified atom stereocenters. The molecule has 0 atom stereocenters. The van der Waals surface area contributed by atoms with Gasteiger partial charge in [-0.05, 0) is 18.6 Å². The first-order chi connectivity index (χ1) is 7.54. The first kappa shape index (κ1) is 12.5. The Morgan fingerprint density at radius 3 is 2.69 bits per heavy atom. The summed E-state index contributed by atoms with van der Waals surface area (Å²) in [5, 5.41) is 9.19. The first-order valence-electron chi connectivity index (χ1n) is 4.78. The maximum atomic E-state index is 11.2. The number of aromatic carboxylic acids is 1. The van der Waals surface area contributed by atoms with E-state index >= 15 is 0 Å². The van der Waals surface area contributed by atoms with Gasteiger partial charge in [-0.1, -0.05) is 18.5 Å². The predicted octanol–water partition coefficient (Wildman–Crippen LogP) is 2.74. The molecule has 0 fully saturated rings. The van der Waals surface area contributed by atoms with Crippen LogP contribution in [0.25, 0.3) is 0 Å². The number of rotatable bonds is 4. The molecule has 5 heteroatoms. The van der Waals surface area contributed by atoms with Gasteiger partial charge in [0.05, 0.1) is 0 Å². The maximum Gasteiger partial charge on any atom is 0.339 e. The molecule has 0 aliphatic rings. The van der Waals surface area contributed by atoms with Crippen LogP contribution in [0, 0.1) is 0 Å². The standard InChI is InChI=1S/C11H11ClO4/c1-2-3-10(13)16-9-6-7(12)4-5-8(9)11(14)15/h4-6H,2-3H2,1H3,(H,14,15). The molecule has 0 spiro atoms. The quantitative estimate of drug-likeness (QED) is 0.651. The first-order valence-corrected chi connectivity index (χ1v) is 5.16. The summed E-state index contributed by atoms with van der Waals surface area (Å²) >= 11 is 5.70. The number of ether oxygens (including phenoxy) is 1. The number of carboxylic acid groups (broad SMARTS) is 1. The van der Waals surface area contributed by atoms with Crippen LogP contribution in [-0.4, -0.2) is 17.0 Å². The average Bonchev–Trinajstić information content (AvgIpc) is 2.17. The molecular formula is C11H11ClO4. The Hall–Kier alpha value is -1.55. The Bertz CT molecular complexity index is 414. The summed E-state index contributed by atoms with van der Waals surface area (Å²) in [6.07, 6.45) is 0.882. The lowest BCUT2D eigenvalue weighted by molar-refractivity contribution is -0.134. The van der Waals surface area contributed by atoms with Crippen LogP contribution in [0.2, 0.25) is 5.02 Å². The van der Waals surface area contributed by atoms with E-state index in [1.54, 1.807) is 0 Å². The molecule has 0 heterocycles. The fraction of sp³-hybridized carbons (Fsp3) is 0.273. The molecule has 1 aromatic rings. The molecule has 0 saturated heterocycles. The number of hydrogen-bond acceptors (Lipinski definition) is 3. The molecule has 0 saturated carbocycles. The Morgan fingerprint density at radius 1 is 1.44 bits per heavy atom. The van der Waals surface area contributed by atoms with E-state index in [-0.39, 0.29) is 17.7 Å². The minimum absolute atomic E-state index is 0.0153. The zero-order valence-electron chi connectivity index (χ0n) is 8.70. The van der Waals surface area contributed by atoms with Crippen molar-refractivity contribution in [1.82, 2.24) is 0 Å². The fourth-order valence-corrected chi connectivity index (χ4v) is 1.30. The number of carbonyl (C=O) groups excluding carboxylic acids is 1. The zero-order valence-corrected chi connectivity index (χ0v) is 9.45. The average molecular weight is 243 g/mol. The minimum Gasteiger partial charge on any atom is -0.478 e. The van der Waals surface area contributed by atoms with Gasteiger partial charge in [-0.3, -0.25) is 4.79 Å². The van der Waals surface area contributed by atoms with Crippen LogP contribution in [0.3, 0.4) is 0 Å². The van der Waals surface area contributed by atoms with E-state index in [1.165, 1.54) is 18.2 Å². The lowest BCUT2D eigenvalue weighted by Gasteiger charge is -2.07. The molecule has 0 bridgehead atoms. The predicted molar refractivity (Wildman–Crippen MR) is 59.0 cm³/mol. The smallest absolute Gasteiger partial charge is 0.339 e. The van der Waals surface area contributed by atoms with Crippen molar-refractivity contribution in [2.45, 2.75) is 19.8 Å². The molecular weight excluding hydrogens is 232 g/mol. The van der Waals surface area contributed by atoms with Gasteiger partial charge in [-0.15, -0.1) is 0 Å². The molecule has 0 aliphatic heterocycles. The number of halogens is 1. The van der Waals surface area contributed by atoms with Gasteiger partial charge in [0.2, 0.25) is 0 Å². The third-order valence-electron chi connectivity index (χ3n) is 1.85. The van der Waals surface area contributed by atoms with E-state index in [4.69, 9.17) is 21.4 Å². The van der Waals surface area contributed by atoms with Crippen LogP contribution in [0.15, 0.2) is 18.2 Å². The molecule has 4 nitrogen and oxygen atoms in total. The van der Waals surface area contributed by atoms with Crippen molar-refractivity contribution in [3.63, 3.8) is 0 Å².